The lowest BCUT2D eigenvalue weighted by molar-refractivity contribution is -0.136. The Hall–Kier alpha value is -2.74. The van der Waals surface area contributed by atoms with Gasteiger partial charge in [-0.25, -0.2) is 9.78 Å². The van der Waals surface area contributed by atoms with Gasteiger partial charge < -0.3 is 9.84 Å². The maximum Gasteiger partial charge on any atom is 0.416 e. The predicted octanol–water partition coefficient (Wildman–Crippen LogP) is 4.90. The van der Waals surface area contributed by atoms with E-state index in [2.05, 4.69) is 4.98 Å². The zero-order valence-electron chi connectivity index (χ0n) is 16.2. The molecule has 0 unspecified atom stereocenters. The highest BCUT2D eigenvalue weighted by Gasteiger charge is 2.38. The topological polar surface area (TPSA) is 79.7 Å². The van der Waals surface area contributed by atoms with Gasteiger partial charge in [0, 0.05) is 5.56 Å². The smallest absolute Gasteiger partial charge is 0.416 e. The maximum atomic E-state index is 14.9. The van der Waals surface area contributed by atoms with Crippen molar-refractivity contribution in [3.63, 3.8) is 0 Å². The molecule has 0 spiro atoms. The number of hydrogen-bond acceptors (Lipinski definition) is 4. The number of aliphatic carboxylic acids is 1. The summed E-state index contributed by atoms with van der Waals surface area (Å²) >= 11 is 5.95. The molecule has 1 heterocycles. The number of carboxylic acid groups (broad SMARTS) is 1. The third kappa shape index (κ3) is 6.39. The zero-order chi connectivity index (χ0) is 21.8. The SMILES string of the molecule is CC(C)(C)OC(=O)N(CC(F)(F)c1ccccc1)c1ccc(Cl)c(CC(=O)O)n1. The van der Waals surface area contributed by atoms with E-state index in [1.165, 1.54) is 36.4 Å². The Bertz CT molecular complexity index is 886. The molecule has 0 saturated heterocycles. The number of ether oxygens (including phenoxy) is 1. The number of anilines is 1. The van der Waals surface area contributed by atoms with Gasteiger partial charge in [0.2, 0.25) is 0 Å². The maximum absolute atomic E-state index is 14.9. The molecule has 0 aliphatic heterocycles. The second kappa shape index (κ2) is 8.73. The number of hydrogen-bond donors (Lipinski definition) is 1. The molecule has 1 aromatic carbocycles. The van der Waals surface area contributed by atoms with Crippen molar-refractivity contribution in [2.24, 2.45) is 0 Å². The fraction of sp³-hybridized carbons (Fsp3) is 0.350. The van der Waals surface area contributed by atoms with Crippen molar-refractivity contribution in [2.45, 2.75) is 38.7 Å². The van der Waals surface area contributed by atoms with Crippen LogP contribution >= 0.6 is 11.6 Å². The quantitative estimate of drug-likeness (QED) is 0.711. The van der Waals surface area contributed by atoms with Gasteiger partial charge in [0.05, 0.1) is 23.7 Å². The molecule has 156 valence electrons. The fourth-order valence-electron chi connectivity index (χ4n) is 2.42. The number of amides is 1. The number of aromatic nitrogens is 1. The largest absolute Gasteiger partial charge is 0.481 e. The molecule has 1 N–H and O–H groups in total. The molecule has 0 aliphatic carbocycles. The van der Waals surface area contributed by atoms with E-state index in [1.807, 2.05) is 0 Å². The summed E-state index contributed by atoms with van der Waals surface area (Å²) in [5, 5.41) is 9.05. The Morgan fingerprint density at radius 2 is 1.76 bits per heavy atom. The van der Waals surface area contributed by atoms with Gasteiger partial charge in [-0.2, -0.15) is 8.78 Å². The highest BCUT2D eigenvalue weighted by molar-refractivity contribution is 6.31. The van der Waals surface area contributed by atoms with Crippen LogP contribution in [0.25, 0.3) is 0 Å². The Balaban J connectivity index is 2.45. The fourth-order valence-corrected chi connectivity index (χ4v) is 2.59. The second-order valence-corrected chi connectivity index (χ2v) is 7.71. The molecule has 29 heavy (non-hydrogen) atoms. The lowest BCUT2D eigenvalue weighted by atomic mass is 10.1. The first-order valence-electron chi connectivity index (χ1n) is 8.70. The number of halogens is 3. The van der Waals surface area contributed by atoms with Gasteiger partial charge in [-0.05, 0) is 32.9 Å². The van der Waals surface area contributed by atoms with Crippen LogP contribution in [0.4, 0.5) is 19.4 Å². The van der Waals surface area contributed by atoms with E-state index in [4.69, 9.17) is 21.4 Å². The van der Waals surface area contributed by atoms with Crippen LogP contribution < -0.4 is 4.90 Å². The molecule has 6 nitrogen and oxygen atoms in total. The van der Waals surface area contributed by atoms with Crippen molar-refractivity contribution in [1.29, 1.82) is 0 Å². The Kier molecular flexibility index (Phi) is 6.79. The minimum Gasteiger partial charge on any atom is -0.481 e. The van der Waals surface area contributed by atoms with Crippen molar-refractivity contribution >= 4 is 29.5 Å². The monoisotopic (exact) mass is 426 g/mol. The standard InChI is InChI=1S/C20H21ClF2N2O4/c1-19(2,3)29-18(28)25(12-20(22,23)13-7-5-4-6-8-13)16-10-9-14(21)15(24-16)11-17(26)27/h4-10H,11-12H2,1-3H3,(H,26,27). The zero-order valence-corrected chi connectivity index (χ0v) is 16.9. The molecule has 2 rings (SSSR count). The molecule has 2 aromatic rings. The summed E-state index contributed by atoms with van der Waals surface area (Å²) in [5.74, 6) is -4.79. The molecule has 0 saturated carbocycles. The number of carbonyl (C=O) groups excluding carboxylic acids is 1. The summed E-state index contributed by atoms with van der Waals surface area (Å²) in [4.78, 5) is 28.4. The van der Waals surface area contributed by atoms with Gasteiger partial charge in [0.25, 0.3) is 5.92 Å². The Labute approximate surface area is 172 Å². The van der Waals surface area contributed by atoms with Crippen molar-refractivity contribution in [3.8, 4) is 0 Å². The van der Waals surface area contributed by atoms with E-state index < -0.39 is 36.6 Å². The van der Waals surface area contributed by atoms with Crippen molar-refractivity contribution in [3.05, 3.63) is 58.7 Å². The van der Waals surface area contributed by atoms with E-state index in [1.54, 1.807) is 26.8 Å². The van der Waals surface area contributed by atoms with E-state index in [0.717, 1.165) is 0 Å². The Morgan fingerprint density at radius 1 is 1.14 bits per heavy atom. The molecule has 0 fully saturated rings. The number of pyridine rings is 1. The minimum atomic E-state index is -3.41. The van der Waals surface area contributed by atoms with Crippen LogP contribution in [0.3, 0.4) is 0 Å². The summed E-state index contributed by atoms with van der Waals surface area (Å²) in [6, 6.07) is 9.60. The van der Waals surface area contributed by atoms with Crippen molar-refractivity contribution in [1.82, 2.24) is 4.98 Å². The van der Waals surface area contributed by atoms with Gasteiger partial charge in [-0.1, -0.05) is 41.9 Å². The summed E-state index contributed by atoms with van der Waals surface area (Å²) in [7, 11) is 0. The van der Waals surface area contributed by atoms with E-state index in [0.29, 0.717) is 4.90 Å². The summed E-state index contributed by atoms with van der Waals surface area (Å²) in [6.07, 6.45) is -1.56. The Morgan fingerprint density at radius 3 is 2.31 bits per heavy atom. The van der Waals surface area contributed by atoms with Crippen LogP contribution in [0.5, 0.6) is 0 Å². The summed E-state index contributed by atoms with van der Waals surface area (Å²) in [5.41, 5.74) is -1.27. The van der Waals surface area contributed by atoms with Crippen molar-refractivity contribution < 1.29 is 28.2 Å². The molecule has 0 aliphatic rings. The molecule has 9 heteroatoms. The number of rotatable bonds is 6. The average Bonchev–Trinajstić information content (AvgIpc) is 2.60. The predicted molar refractivity (Wildman–Crippen MR) is 105 cm³/mol. The first-order valence-corrected chi connectivity index (χ1v) is 9.08. The van der Waals surface area contributed by atoms with Gasteiger partial charge >= 0.3 is 12.1 Å². The van der Waals surface area contributed by atoms with Gasteiger partial charge in [0.1, 0.15) is 11.4 Å². The molecule has 0 radical (unpaired) electrons. The van der Waals surface area contributed by atoms with Gasteiger partial charge in [0.15, 0.2) is 0 Å². The third-order valence-corrected chi connectivity index (χ3v) is 4.01. The van der Waals surface area contributed by atoms with Crippen LogP contribution in [0.1, 0.15) is 32.0 Å². The van der Waals surface area contributed by atoms with Crippen LogP contribution in [-0.2, 0) is 21.9 Å². The number of carbonyl (C=O) groups is 2. The first kappa shape index (κ1) is 22.5. The number of nitrogens with zero attached hydrogens (tertiary/aromatic N) is 2. The van der Waals surface area contributed by atoms with Crippen molar-refractivity contribution in [2.75, 3.05) is 11.4 Å². The molecule has 1 aromatic heterocycles. The third-order valence-electron chi connectivity index (χ3n) is 3.67. The van der Waals surface area contributed by atoms with E-state index in [9.17, 15) is 18.4 Å². The molecule has 0 bridgehead atoms. The highest BCUT2D eigenvalue weighted by Crippen LogP contribution is 2.32. The van der Waals surface area contributed by atoms with E-state index in [-0.39, 0.29) is 22.1 Å². The first-order chi connectivity index (χ1) is 13.4. The average molecular weight is 427 g/mol. The highest BCUT2D eigenvalue weighted by atomic mass is 35.5. The van der Waals surface area contributed by atoms with E-state index >= 15 is 0 Å². The summed E-state index contributed by atoms with van der Waals surface area (Å²) in [6.45, 7) is 3.75. The van der Waals surface area contributed by atoms with Gasteiger partial charge in [-0.15, -0.1) is 0 Å². The normalized spacial score (nSPS) is 11.8. The molecular formula is C20H21ClF2N2O4. The summed E-state index contributed by atoms with van der Waals surface area (Å²) < 4.78 is 35.0. The molecule has 0 atom stereocenters. The van der Waals surface area contributed by atoms with Crippen LogP contribution in [-0.4, -0.2) is 34.3 Å². The van der Waals surface area contributed by atoms with Crippen LogP contribution in [0, 0.1) is 0 Å². The number of benzene rings is 1. The van der Waals surface area contributed by atoms with Crippen LogP contribution in [0.15, 0.2) is 42.5 Å². The molecule has 1 amide bonds. The van der Waals surface area contributed by atoms with Gasteiger partial charge in [-0.3, -0.25) is 9.69 Å². The van der Waals surface area contributed by atoms with Crippen LogP contribution in [0.2, 0.25) is 5.02 Å². The second-order valence-electron chi connectivity index (χ2n) is 7.31. The lowest BCUT2D eigenvalue weighted by Gasteiger charge is -2.30. The lowest BCUT2D eigenvalue weighted by Crippen LogP contribution is -2.43. The number of carboxylic acids is 1. The number of alkyl halides is 2. The molecular weight excluding hydrogens is 406 g/mol. The minimum absolute atomic E-state index is 0.0479.